The number of hydrogen-bond acceptors (Lipinski definition) is 5. The molecule has 1 aromatic heterocycles. The average Bonchev–Trinajstić information content (AvgIpc) is 2.83. The minimum atomic E-state index is -0.236. The van der Waals surface area contributed by atoms with Crippen molar-refractivity contribution in [1.82, 2.24) is 10.3 Å². The highest BCUT2D eigenvalue weighted by atomic mass is 32.2. The largest absolute Gasteiger partial charge is 0.349 e. The normalized spacial score (nSPS) is 17.9. The van der Waals surface area contributed by atoms with E-state index in [1.54, 1.807) is 30.5 Å². The first kappa shape index (κ1) is 23.0. The van der Waals surface area contributed by atoms with Crippen LogP contribution in [0.4, 0.5) is 5.69 Å². The lowest BCUT2D eigenvalue weighted by Gasteiger charge is -2.26. The number of nitrogens with two attached hydrogens (primary N) is 1. The number of nitrogens with zero attached hydrogens (tertiary/aromatic N) is 1. The third-order valence-corrected chi connectivity index (χ3v) is 6.84. The number of carbonyl (C=O) groups excluding carboxylic acids is 2. The number of amides is 2. The average molecular weight is 461 g/mol. The van der Waals surface area contributed by atoms with E-state index in [-0.39, 0.29) is 23.9 Å². The molecule has 0 aliphatic heterocycles. The Morgan fingerprint density at radius 1 is 0.970 bits per heavy atom. The van der Waals surface area contributed by atoms with Gasteiger partial charge in [-0.1, -0.05) is 30.0 Å². The summed E-state index contributed by atoms with van der Waals surface area (Å²) in [6, 6.07) is 19.1. The Bertz CT molecular complexity index is 1130. The van der Waals surface area contributed by atoms with E-state index in [0.29, 0.717) is 21.8 Å². The van der Waals surface area contributed by atoms with E-state index in [1.807, 2.05) is 43.3 Å². The molecule has 0 bridgehead atoms. The zero-order chi connectivity index (χ0) is 23.2. The second-order valence-corrected chi connectivity index (χ2v) is 9.40. The van der Waals surface area contributed by atoms with Crippen LogP contribution in [0.15, 0.2) is 76.8 Å². The van der Waals surface area contributed by atoms with Crippen molar-refractivity contribution in [1.29, 1.82) is 0 Å². The van der Waals surface area contributed by atoms with Crippen molar-refractivity contribution in [2.75, 3.05) is 5.32 Å². The molecule has 4 N–H and O–H groups in total. The number of benzene rings is 2. The highest BCUT2D eigenvalue weighted by Crippen LogP contribution is 2.29. The molecule has 3 aromatic rings. The highest BCUT2D eigenvalue weighted by Gasteiger charge is 2.21. The third kappa shape index (κ3) is 6.00. The highest BCUT2D eigenvalue weighted by molar-refractivity contribution is 7.99. The van der Waals surface area contributed by atoms with Gasteiger partial charge in [0, 0.05) is 34.4 Å². The van der Waals surface area contributed by atoms with Crippen molar-refractivity contribution in [3.8, 4) is 0 Å². The van der Waals surface area contributed by atoms with E-state index in [0.717, 1.165) is 36.1 Å². The van der Waals surface area contributed by atoms with Crippen LogP contribution in [0, 0.1) is 6.92 Å². The molecule has 0 saturated heterocycles. The zero-order valence-corrected chi connectivity index (χ0v) is 19.4. The van der Waals surface area contributed by atoms with Crippen LogP contribution in [-0.4, -0.2) is 28.9 Å². The van der Waals surface area contributed by atoms with Gasteiger partial charge in [0.05, 0.1) is 5.56 Å². The minimum absolute atomic E-state index is 0.0924. The van der Waals surface area contributed by atoms with Gasteiger partial charge in [0.2, 0.25) is 0 Å². The third-order valence-electron chi connectivity index (χ3n) is 5.82. The summed E-state index contributed by atoms with van der Waals surface area (Å²) >= 11 is 1.45. The standard InChI is InChI=1S/C26H28N4O2S/c1-17-16-18(24(31)29-20-12-10-19(27)11-13-20)9-14-23(17)30-25(32)22-8-5-15-28-26(22)33-21-6-3-2-4-7-21/h2-9,14-16,19-20H,10-13,27H2,1H3,(H,29,31)(H,30,32). The number of aryl methyl sites for hydroxylation is 1. The van der Waals surface area contributed by atoms with E-state index >= 15 is 0 Å². The quantitative estimate of drug-likeness (QED) is 0.491. The van der Waals surface area contributed by atoms with Gasteiger partial charge in [-0.2, -0.15) is 0 Å². The number of anilines is 1. The Kier molecular flexibility index (Phi) is 7.42. The zero-order valence-electron chi connectivity index (χ0n) is 18.6. The minimum Gasteiger partial charge on any atom is -0.349 e. The topological polar surface area (TPSA) is 97.1 Å². The molecule has 7 heteroatoms. The maximum absolute atomic E-state index is 13.0. The molecule has 0 spiro atoms. The molecule has 2 aromatic carbocycles. The summed E-state index contributed by atoms with van der Waals surface area (Å²) in [6.45, 7) is 1.88. The van der Waals surface area contributed by atoms with Crippen LogP contribution >= 0.6 is 11.8 Å². The molecule has 1 aliphatic carbocycles. The molecule has 1 aliphatic rings. The number of aromatic nitrogens is 1. The first-order chi connectivity index (χ1) is 16.0. The van der Waals surface area contributed by atoms with Crippen LogP contribution in [-0.2, 0) is 0 Å². The van der Waals surface area contributed by atoms with Crippen LogP contribution in [0.3, 0.4) is 0 Å². The smallest absolute Gasteiger partial charge is 0.258 e. The summed E-state index contributed by atoms with van der Waals surface area (Å²) in [5.74, 6) is -0.328. The monoisotopic (exact) mass is 460 g/mol. The van der Waals surface area contributed by atoms with Crippen LogP contribution in [0.25, 0.3) is 0 Å². The summed E-state index contributed by atoms with van der Waals surface area (Å²) in [6.07, 6.45) is 5.38. The molecule has 1 heterocycles. The molecule has 0 unspecified atom stereocenters. The van der Waals surface area contributed by atoms with Crippen molar-refractivity contribution < 1.29 is 9.59 Å². The fourth-order valence-electron chi connectivity index (χ4n) is 3.91. The first-order valence-electron chi connectivity index (χ1n) is 11.2. The molecular formula is C26H28N4O2S. The predicted octanol–water partition coefficient (Wildman–Crippen LogP) is 4.79. The molecule has 0 atom stereocenters. The van der Waals surface area contributed by atoms with Gasteiger partial charge in [0.15, 0.2) is 0 Å². The molecule has 33 heavy (non-hydrogen) atoms. The number of nitrogens with one attached hydrogen (secondary N) is 2. The van der Waals surface area contributed by atoms with Gasteiger partial charge >= 0.3 is 0 Å². The molecule has 1 saturated carbocycles. The van der Waals surface area contributed by atoms with Crippen molar-refractivity contribution in [2.24, 2.45) is 5.73 Å². The van der Waals surface area contributed by atoms with Gasteiger partial charge in [0.25, 0.3) is 11.8 Å². The Morgan fingerprint density at radius 3 is 2.45 bits per heavy atom. The molecular weight excluding hydrogens is 432 g/mol. The van der Waals surface area contributed by atoms with E-state index in [9.17, 15) is 9.59 Å². The van der Waals surface area contributed by atoms with E-state index < -0.39 is 0 Å². The molecule has 4 rings (SSSR count). The van der Waals surface area contributed by atoms with E-state index in [2.05, 4.69) is 15.6 Å². The van der Waals surface area contributed by atoms with Crippen LogP contribution in [0.2, 0.25) is 0 Å². The Balaban J connectivity index is 1.43. The van der Waals surface area contributed by atoms with Gasteiger partial charge in [-0.25, -0.2) is 4.98 Å². The molecule has 0 radical (unpaired) electrons. The first-order valence-corrected chi connectivity index (χ1v) is 12.0. The second kappa shape index (κ2) is 10.6. The molecule has 1 fully saturated rings. The fraction of sp³-hybridized carbons (Fsp3) is 0.269. The van der Waals surface area contributed by atoms with Gasteiger partial charge in [-0.05, 0) is 80.6 Å². The molecule has 2 amide bonds. The van der Waals surface area contributed by atoms with Gasteiger partial charge in [-0.3, -0.25) is 9.59 Å². The van der Waals surface area contributed by atoms with Crippen LogP contribution in [0.5, 0.6) is 0 Å². The van der Waals surface area contributed by atoms with Crippen molar-refractivity contribution >= 4 is 29.3 Å². The summed E-state index contributed by atoms with van der Waals surface area (Å²) in [7, 11) is 0. The summed E-state index contributed by atoms with van der Waals surface area (Å²) < 4.78 is 0. The van der Waals surface area contributed by atoms with Gasteiger partial charge in [-0.15, -0.1) is 0 Å². The Hall–Kier alpha value is -3.16. The van der Waals surface area contributed by atoms with E-state index in [4.69, 9.17) is 5.73 Å². The lowest BCUT2D eigenvalue weighted by Crippen LogP contribution is -2.40. The number of rotatable bonds is 6. The lowest BCUT2D eigenvalue weighted by molar-refractivity contribution is 0.0925. The second-order valence-electron chi connectivity index (χ2n) is 8.34. The summed E-state index contributed by atoms with van der Waals surface area (Å²) in [5.41, 5.74) is 8.53. The maximum Gasteiger partial charge on any atom is 0.258 e. The van der Waals surface area contributed by atoms with Crippen molar-refractivity contribution in [3.63, 3.8) is 0 Å². The number of hydrogen-bond donors (Lipinski definition) is 3. The fourth-order valence-corrected chi connectivity index (χ4v) is 4.81. The van der Waals surface area contributed by atoms with Crippen molar-refractivity contribution in [2.45, 2.75) is 54.6 Å². The number of pyridine rings is 1. The van der Waals surface area contributed by atoms with E-state index in [1.165, 1.54) is 11.8 Å². The van der Waals surface area contributed by atoms with Crippen LogP contribution < -0.4 is 16.4 Å². The molecule has 6 nitrogen and oxygen atoms in total. The Labute approximate surface area is 198 Å². The van der Waals surface area contributed by atoms with Gasteiger partial charge < -0.3 is 16.4 Å². The SMILES string of the molecule is Cc1cc(C(=O)NC2CCC(N)CC2)ccc1NC(=O)c1cccnc1Sc1ccccc1. The summed E-state index contributed by atoms with van der Waals surface area (Å²) in [5, 5.41) is 6.71. The van der Waals surface area contributed by atoms with Crippen LogP contribution in [0.1, 0.15) is 52.0 Å². The maximum atomic E-state index is 13.0. The lowest BCUT2D eigenvalue weighted by atomic mass is 9.91. The number of carbonyl (C=O) groups is 2. The Morgan fingerprint density at radius 2 is 1.73 bits per heavy atom. The van der Waals surface area contributed by atoms with Crippen molar-refractivity contribution in [3.05, 3.63) is 83.6 Å². The van der Waals surface area contributed by atoms with Gasteiger partial charge in [0.1, 0.15) is 5.03 Å². The predicted molar refractivity (Wildman–Crippen MR) is 132 cm³/mol. The molecule has 170 valence electrons. The summed E-state index contributed by atoms with van der Waals surface area (Å²) in [4.78, 5) is 31.1.